The molecule has 0 aromatic heterocycles. The molecular formula is C32H45NO20S. The van der Waals surface area contributed by atoms with Crippen molar-refractivity contribution in [2.75, 3.05) is 19.5 Å². The van der Waals surface area contributed by atoms with Gasteiger partial charge in [-0.2, -0.15) is 0 Å². The SMILES string of the molecule is COC(=O)[C@@]1(SC[C@H]2O[C@@H](O)[C@H](OC(C)=O)[C@@H](OC(C)=O)[C@H]2OC(C)=O)C[C@H](OC(C)=O)[C@@H](NC(C)=O)[C@H]([C@H](OC(C)=O)[C@@H](COC(C)=O)OC(C)=O)O1. The Labute approximate surface area is 313 Å². The lowest BCUT2D eigenvalue weighted by Gasteiger charge is -2.49. The van der Waals surface area contributed by atoms with Crippen LogP contribution in [-0.2, 0) is 90.5 Å². The normalized spacial score (nSPS) is 28.8. The molecule has 2 saturated heterocycles. The zero-order chi connectivity index (χ0) is 41.1. The number of methoxy groups -OCH3 is 1. The molecule has 0 unspecified atom stereocenters. The molecule has 2 fully saturated rings. The molecule has 21 nitrogen and oxygen atoms in total. The summed E-state index contributed by atoms with van der Waals surface area (Å²) in [7, 11) is 0.985. The van der Waals surface area contributed by atoms with Gasteiger partial charge in [-0.15, -0.1) is 11.8 Å². The van der Waals surface area contributed by atoms with E-state index in [1.165, 1.54) is 0 Å². The monoisotopic (exact) mass is 795 g/mol. The third kappa shape index (κ3) is 13.1. The van der Waals surface area contributed by atoms with Crippen LogP contribution < -0.4 is 5.32 Å². The van der Waals surface area contributed by atoms with Crippen molar-refractivity contribution in [2.24, 2.45) is 0 Å². The predicted molar refractivity (Wildman–Crippen MR) is 175 cm³/mol. The molecular weight excluding hydrogens is 750 g/mol. The number of ether oxygens (including phenoxy) is 10. The van der Waals surface area contributed by atoms with Gasteiger partial charge in [0, 0.05) is 67.6 Å². The summed E-state index contributed by atoms with van der Waals surface area (Å²) in [6.45, 7) is 7.48. The van der Waals surface area contributed by atoms with E-state index in [1.54, 1.807) is 0 Å². The average molecular weight is 796 g/mol. The first kappa shape index (κ1) is 45.6. The van der Waals surface area contributed by atoms with Crippen molar-refractivity contribution in [3.05, 3.63) is 0 Å². The van der Waals surface area contributed by atoms with Crippen LogP contribution in [0.2, 0.25) is 0 Å². The molecule has 2 aliphatic rings. The molecule has 2 aliphatic heterocycles. The number of rotatable bonds is 15. The number of hydrogen-bond acceptors (Lipinski definition) is 21. The largest absolute Gasteiger partial charge is 0.466 e. The van der Waals surface area contributed by atoms with Gasteiger partial charge in [-0.3, -0.25) is 38.4 Å². The van der Waals surface area contributed by atoms with Crippen molar-refractivity contribution in [1.29, 1.82) is 0 Å². The fourth-order valence-corrected chi connectivity index (χ4v) is 7.13. The Balaban J connectivity index is 2.79. The molecule has 11 atom stereocenters. The molecule has 0 aromatic carbocycles. The number of amides is 1. The van der Waals surface area contributed by atoms with Crippen molar-refractivity contribution in [2.45, 2.75) is 128 Å². The third-order valence-electron chi connectivity index (χ3n) is 7.49. The van der Waals surface area contributed by atoms with Crippen LogP contribution >= 0.6 is 11.8 Å². The summed E-state index contributed by atoms with van der Waals surface area (Å²) in [5.41, 5.74) is 0. The van der Waals surface area contributed by atoms with Gasteiger partial charge >= 0.3 is 47.8 Å². The number of carbonyl (C=O) groups excluding carboxylic acids is 9. The van der Waals surface area contributed by atoms with Crippen LogP contribution in [0.15, 0.2) is 0 Å². The molecule has 0 radical (unpaired) electrons. The number of thioether (sulfide) groups is 1. The number of esters is 8. The second kappa shape index (κ2) is 20.2. The minimum atomic E-state index is -2.31. The van der Waals surface area contributed by atoms with Gasteiger partial charge in [0.2, 0.25) is 10.8 Å². The first-order chi connectivity index (χ1) is 25.1. The van der Waals surface area contributed by atoms with Gasteiger partial charge in [-0.25, -0.2) is 4.79 Å². The quantitative estimate of drug-likeness (QED) is 0.145. The van der Waals surface area contributed by atoms with Crippen molar-refractivity contribution in [3.63, 3.8) is 0 Å². The van der Waals surface area contributed by atoms with E-state index in [0.29, 0.717) is 11.8 Å². The average Bonchev–Trinajstić information content (AvgIpc) is 3.03. The maximum atomic E-state index is 13.8. The molecule has 1 amide bonds. The smallest absolute Gasteiger partial charge is 0.348 e. The molecule has 2 N–H and O–H groups in total. The van der Waals surface area contributed by atoms with Crippen LogP contribution in [0.5, 0.6) is 0 Å². The Morgan fingerprint density at radius 2 is 1.28 bits per heavy atom. The number of nitrogens with one attached hydrogen (secondary N) is 1. The van der Waals surface area contributed by atoms with Crippen molar-refractivity contribution < 1.29 is 95.6 Å². The number of aliphatic hydroxyl groups excluding tert-OH is 1. The van der Waals surface area contributed by atoms with Gasteiger partial charge in [0.05, 0.1) is 13.2 Å². The molecule has 2 rings (SSSR count). The zero-order valence-corrected chi connectivity index (χ0v) is 31.8. The van der Waals surface area contributed by atoms with E-state index in [4.69, 9.17) is 47.4 Å². The van der Waals surface area contributed by atoms with Crippen molar-refractivity contribution >= 4 is 65.4 Å². The highest BCUT2D eigenvalue weighted by Gasteiger charge is 2.60. The Morgan fingerprint density at radius 3 is 1.76 bits per heavy atom. The predicted octanol–water partition coefficient (Wildman–Crippen LogP) is -1.25. The second-order valence-corrected chi connectivity index (χ2v) is 13.3. The van der Waals surface area contributed by atoms with E-state index in [2.05, 4.69) is 5.32 Å². The first-order valence-corrected chi connectivity index (χ1v) is 17.3. The highest BCUT2D eigenvalue weighted by atomic mass is 32.2. The molecule has 0 bridgehead atoms. The number of carbonyl (C=O) groups is 9. The van der Waals surface area contributed by atoms with Gasteiger partial charge < -0.3 is 57.8 Å². The molecule has 0 saturated carbocycles. The third-order valence-corrected chi connectivity index (χ3v) is 8.88. The van der Waals surface area contributed by atoms with Crippen LogP contribution in [0.1, 0.15) is 61.8 Å². The standard InChI is InChI=1S/C32H45NO20S/c1-13(34)33-24-21(46-15(3)36)10-32(31(43)44-9,53-27(24)25(48-17(5)38)22(47-16(4)37)11-45-14(2)35)54-12-23-26(49-18(6)39)28(50-19(7)40)29(30(42)52-23)51-20(8)41/h21-30,42H,10-12H2,1-9H3,(H,33,34)/t21-,22+,23+,24+,25+,26-,27+,28-,29+,30+,32-/m0/s1. The van der Waals surface area contributed by atoms with E-state index in [-0.39, 0.29) is 0 Å². The zero-order valence-electron chi connectivity index (χ0n) is 31.0. The lowest BCUT2D eigenvalue weighted by atomic mass is 9.89. The maximum Gasteiger partial charge on any atom is 0.348 e. The van der Waals surface area contributed by atoms with Crippen LogP contribution in [-0.4, -0.2) is 144 Å². The van der Waals surface area contributed by atoms with Crippen molar-refractivity contribution in [3.8, 4) is 0 Å². The summed E-state index contributed by atoms with van der Waals surface area (Å²) >= 11 is 0.579. The van der Waals surface area contributed by atoms with E-state index >= 15 is 0 Å². The minimum absolute atomic E-state index is 0.488. The van der Waals surface area contributed by atoms with E-state index in [0.717, 1.165) is 62.5 Å². The minimum Gasteiger partial charge on any atom is -0.466 e. The topological polar surface area (TPSA) is 278 Å². The maximum absolute atomic E-state index is 13.8. The summed E-state index contributed by atoms with van der Waals surface area (Å²) in [4.78, 5) is 109. The Hall–Kier alpha value is -4.54. The van der Waals surface area contributed by atoms with Crippen molar-refractivity contribution in [1.82, 2.24) is 5.32 Å². The lowest BCUT2D eigenvalue weighted by molar-refractivity contribution is -0.287. The fourth-order valence-electron chi connectivity index (χ4n) is 5.77. The van der Waals surface area contributed by atoms with Gasteiger partial charge in [0.1, 0.15) is 24.9 Å². The van der Waals surface area contributed by atoms with E-state index in [1.807, 2.05) is 0 Å². The molecule has 0 spiro atoms. The van der Waals surface area contributed by atoms with Gasteiger partial charge in [0.15, 0.2) is 36.8 Å². The Kier molecular flexibility index (Phi) is 17.1. The highest BCUT2D eigenvalue weighted by molar-refractivity contribution is 8.01. The molecule has 54 heavy (non-hydrogen) atoms. The summed E-state index contributed by atoms with van der Waals surface area (Å²) in [5.74, 6) is -8.70. The summed E-state index contributed by atoms with van der Waals surface area (Å²) in [6, 6.07) is -1.44. The summed E-state index contributed by atoms with van der Waals surface area (Å²) in [5, 5.41) is 13.4. The molecule has 2 heterocycles. The van der Waals surface area contributed by atoms with Crippen LogP contribution in [0, 0.1) is 0 Å². The summed E-state index contributed by atoms with van der Waals surface area (Å²) in [6.07, 6.45) is -15.6. The van der Waals surface area contributed by atoms with Gasteiger partial charge in [0.25, 0.3) is 0 Å². The Morgan fingerprint density at radius 1 is 0.741 bits per heavy atom. The molecule has 304 valence electrons. The number of hydrogen-bond donors (Lipinski definition) is 2. The van der Waals surface area contributed by atoms with E-state index in [9.17, 15) is 48.3 Å². The van der Waals surface area contributed by atoms with E-state index < -0.39 is 139 Å². The van der Waals surface area contributed by atoms with Gasteiger partial charge in [-0.05, 0) is 0 Å². The first-order valence-electron chi connectivity index (χ1n) is 16.3. The van der Waals surface area contributed by atoms with Crippen LogP contribution in [0.4, 0.5) is 0 Å². The number of aliphatic hydroxyl groups is 1. The molecule has 0 aromatic rings. The molecule has 22 heteroatoms. The fraction of sp³-hybridized carbons (Fsp3) is 0.719. The van der Waals surface area contributed by atoms with Gasteiger partial charge in [-0.1, -0.05) is 0 Å². The second-order valence-electron chi connectivity index (χ2n) is 12.0. The lowest BCUT2D eigenvalue weighted by Crippen LogP contribution is -2.68. The Bertz CT molecular complexity index is 1440. The van der Waals surface area contributed by atoms with Crippen LogP contribution in [0.25, 0.3) is 0 Å². The molecule has 0 aliphatic carbocycles. The highest BCUT2D eigenvalue weighted by Crippen LogP contribution is 2.44. The summed E-state index contributed by atoms with van der Waals surface area (Å²) < 4.78 is 54.5. The van der Waals surface area contributed by atoms with Crippen LogP contribution in [0.3, 0.4) is 0 Å².